The number of rotatable bonds is 6. The molecule has 6 heteroatoms. The molecular formula is C24H26N4O2. The monoisotopic (exact) mass is 402 g/mol. The zero-order chi connectivity index (χ0) is 20.8. The van der Waals surface area contributed by atoms with E-state index in [0.29, 0.717) is 17.9 Å². The molecule has 6 nitrogen and oxygen atoms in total. The van der Waals surface area contributed by atoms with Crippen LogP contribution in [0.25, 0.3) is 0 Å². The van der Waals surface area contributed by atoms with Crippen LogP contribution in [0.15, 0.2) is 72.9 Å². The van der Waals surface area contributed by atoms with E-state index in [9.17, 15) is 4.79 Å². The number of ether oxygens (including phenoxy) is 1. The highest BCUT2D eigenvalue weighted by atomic mass is 16.5. The van der Waals surface area contributed by atoms with Gasteiger partial charge in [0.05, 0.1) is 11.9 Å². The van der Waals surface area contributed by atoms with E-state index in [1.54, 1.807) is 6.20 Å². The molecular weight excluding hydrogens is 376 g/mol. The van der Waals surface area contributed by atoms with Gasteiger partial charge in [0.2, 0.25) is 0 Å². The molecule has 2 aromatic carbocycles. The van der Waals surface area contributed by atoms with Gasteiger partial charge in [-0.1, -0.05) is 36.4 Å². The number of amides is 1. The Morgan fingerprint density at radius 3 is 2.43 bits per heavy atom. The molecule has 1 aromatic heterocycles. The van der Waals surface area contributed by atoms with Gasteiger partial charge in [-0.05, 0) is 37.4 Å². The minimum Gasteiger partial charge on any atom is -0.489 e. The smallest absolute Gasteiger partial charge is 0.256 e. The van der Waals surface area contributed by atoms with E-state index < -0.39 is 0 Å². The number of hydrogen-bond acceptors (Lipinski definition) is 5. The maximum absolute atomic E-state index is 12.9. The van der Waals surface area contributed by atoms with Crippen molar-refractivity contribution in [2.75, 3.05) is 43.4 Å². The molecule has 1 aliphatic heterocycles. The van der Waals surface area contributed by atoms with Gasteiger partial charge in [-0.15, -0.1) is 0 Å². The Morgan fingerprint density at radius 2 is 1.70 bits per heavy atom. The molecule has 30 heavy (non-hydrogen) atoms. The quantitative estimate of drug-likeness (QED) is 0.682. The van der Waals surface area contributed by atoms with Gasteiger partial charge >= 0.3 is 0 Å². The average Bonchev–Trinajstić information content (AvgIpc) is 2.80. The highest BCUT2D eigenvalue weighted by Gasteiger charge is 2.16. The SMILES string of the molecule is CN1CCN(c2ccc(NC(=O)c3ccccc3COc3ccccc3)cn2)CC1. The highest BCUT2D eigenvalue weighted by Crippen LogP contribution is 2.19. The summed E-state index contributed by atoms with van der Waals surface area (Å²) >= 11 is 0. The van der Waals surface area contributed by atoms with Crippen molar-refractivity contribution >= 4 is 17.4 Å². The summed E-state index contributed by atoms with van der Waals surface area (Å²) in [6.07, 6.45) is 1.72. The van der Waals surface area contributed by atoms with Gasteiger partial charge < -0.3 is 19.9 Å². The first-order chi connectivity index (χ1) is 14.7. The van der Waals surface area contributed by atoms with E-state index in [2.05, 4.69) is 27.1 Å². The lowest BCUT2D eigenvalue weighted by molar-refractivity contribution is 0.102. The molecule has 3 aromatic rings. The molecule has 2 heterocycles. The number of carbonyl (C=O) groups excluding carboxylic acids is 1. The van der Waals surface area contributed by atoms with Crippen molar-refractivity contribution in [2.45, 2.75) is 6.61 Å². The predicted octanol–water partition coefficient (Wildman–Crippen LogP) is 3.66. The van der Waals surface area contributed by atoms with Crippen LogP contribution in [0.3, 0.4) is 0 Å². The molecule has 0 unspecified atom stereocenters. The van der Waals surface area contributed by atoms with Crippen LogP contribution in [0.4, 0.5) is 11.5 Å². The third-order valence-corrected chi connectivity index (χ3v) is 5.23. The second-order valence-electron chi connectivity index (χ2n) is 7.41. The molecule has 4 rings (SSSR count). The second kappa shape index (κ2) is 9.41. The third kappa shape index (κ3) is 4.96. The van der Waals surface area contributed by atoms with Gasteiger partial charge in [-0.25, -0.2) is 4.98 Å². The standard InChI is InChI=1S/C24H26N4O2/c1-27-13-15-28(16-14-27)23-12-11-20(17-25-23)26-24(29)22-10-6-5-7-19(22)18-30-21-8-3-2-4-9-21/h2-12,17H,13-16,18H2,1H3,(H,26,29). The number of piperazine rings is 1. The van der Waals surface area contributed by atoms with Crippen molar-refractivity contribution in [3.63, 3.8) is 0 Å². The number of para-hydroxylation sites is 1. The zero-order valence-corrected chi connectivity index (χ0v) is 17.1. The van der Waals surface area contributed by atoms with E-state index in [4.69, 9.17) is 4.74 Å². The molecule has 0 spiro atoms. The lowest BCUT2D eigenvalue weighted by Crippen LogP contribution is -2.44. The first-order valence-corrected chi connectivity index (χ1v) is 10.2. The van der Waals surface area contributed by atoms with Crippen LogP contribution in [-0.4, -0.2) is 49.0 Å². The van der Waals surface area contributed by atoms with Crippen molar-refractivity contribution in [2.24, 2.45) is 0 Å². The average molecular weight is 402 g/mol. The maximum atomic E-state index is 12.9. The Morgan fingerprint density at radius 1 is 0.967 bits per heavy atom. The Balaban J connectivity index is 1.40. The number of pyridine rings is 1. The molecule has 1 N–H and O–H groups in total. The van der Waals surface area contributed by atoms with E-state index in [-0.39, 0.29) is 5.91 Å². The molecule has 154 valence electrons. The van der Waals surface area contributed by atoms with E-state index >= 15 is 0 Å². The Labute approximate surface area is 177 Å². The fraction of sp³-hybridized carbons (Fsp3) is 0.250. The molecule has 0 aliphatic carbocycles. The first kappa shape index (κ1) is 19.9. The molecule has 1 fully saturated rings. The number of aromatic nitrogens is 1. The fourth-order valence-electron chi connectivity index (χ4n) is 3.43. The van der Waals surface area contributed by atoms with Crippen LogP contribution in [0.2, 0.25) is 0 Å². The summed E-state index contributed by atoms with van der Waals surface area (Å²) in [6, 6.07) is 20.9. The Bertz CT molecular complexity index is 968. The topological polar surface area (TPSA) is 57.7 Å². The number of anilines is 2. The summed E-state index contributed by atoms with van der Waals surface area (Å²) in [5.74, 6) is 1.55. The fourth-order valence-corrected chi connectivity index (χ4v) is 3.43. The number of benzene rings is 2. The van der Waals surface area contributed by atoms with Gasteiger partial charge in [0.1, 0.15) is 18.2 Å². The zero-order valence-electron chi connectivity index (χ0n) is 17.1. The molecule has 1 amide bonds. The van der Waals surface area contributed by atoms with Crippen molar-refractivity contribution < 1.29 is 9.53 Å². The van der Waals surface area contributed by atoms with Gasteiger partial charge in [0.25, 0.3) is 5.91 Å². The van der Waals surface area contributed by atoms with Crippen molar-refractivity contribution in [1.82, 2.24) is 9.88 Å². The lowest BCUT2D eigenvalue weighted by Gasteiger charge is -2.33. The summed E-state index contributed by atoms with van der Waals surface area (Å²) in [4.78, 5) is 22.0. The van der Waals surface area contributed by atoms with Crippen LogP contribution in [0.5, 0.6) is 5.75 Å². The minimum absolute atomic E-state index is 0.170. The van der Waals surface area contributed by atoms with Gasteiger partial charge in [0, 0.05) is 37.3 Å². The van der Waals surface area contributed by atoms with Gasteiger partial charge in [0.15, 0.2) is 0 Å². The molecule has 0 radical (unpaired) electrons. The number of nitrogens with zero attached hydrogens (tertiary/aromatic N) is 3. The third-order valence-electron chi connectivity index (χ3n) is 5.23. The second-order valence-corrected chi connectivity index (χ2v) is 7.41. The summed E-state index contributed by atoms with van der Waals surface area (Å²) in [7, 11) is 2.13. The molecule has 1 aliphatic rings. The highest BCUT2D eigenvalue weighted by molar-refractivity contribution is 6.05. The normalized spacial score (nSPS) is 14.4. The van der Waals surface area contributed by atoms with E-state index in [0.717, 1.165) is 43.3 Å². The van der Waals surface area contributed by atoms with E-state index in [1.165, 1.54) is 0 Å². The lowest BCUT2D eigenvalue weighted by atomic mass is 10.1. The number of hydrogen-bond donors (Lipinski definition) is 1. The predicted molar refractivity (Wildman–Crippen MR) is 119 cm³/mol. The molecule has 0 saturated carbocycles. The maximum Gasteiger partial charge on any atom is 0.256 e. The van der Waals surface area contributed by atoms with Crippen LogP contribution >= 0.6 is 0 Å². The summed E-state index contributed by atoms with van der Waals surface area (Å²) < 4.78 is 5.82. The Hall–Kier alpha value is -3.38. The van der Waals surface area contributed by atoms with Crippen LogP contribution in [0, 0.1) is 0 Å². The molecule has 1 saturated heterocycles. The summed E-state index contributed by atoms with van der Waals surface area (Å²) in [5, 5.41) is 2.95. The minimum atomic E-state index is -0.170. The van der Waals surface area contributed by atoms with Crippen LogP contribution in [0.1, 0.15) is 15.9 Å². The summed E-state index contributed by atoms with van der Waals surface area (Å²) in [6.45, 7) is 4.31. The number of carbonyl (C=O) groups is 1. The van der Waals surface area contributed by atoms with Crippen LogP contribution in [-0.2, 0) is 6.61 Å². The number of nitrogens with one attached hydrogen (secondary N) is 1. The number of likely N-dealkylation sites (N-methyl/N-ethyl adjacent to an activating group) is 1. The van der Waals surface area contributed by atoms with Crippen LogP contribution < -0.4 is 15.0 Å². The van der Waals surface area contributed by atoms with Gasteiger partial charge in [-0.2, -0.15) is 0 Å². The Kier molecular flexibility index (Phi) is 6.25. The van der Waals surface area contributed by atoms with Crippen molar-refractivity contribution in [3.8, 4) is 5.75 Å². The largest absolute Gasteiger partial charge is 0.489 e. The van der Waals surface area contributed by atoms with Crippen molar-refractivity contribution in [1.29, 1.82) is 0 Å². The first-order valence-electron chi connectivity index (χ1n) is 10.2. The van der Waals surface area contributed by atoms with Crippen molar-refractivity contribution in [3.05, 3.63) is 84.1 Å². The molecule has 0 atom stereocenters. The van der Waals surface area contributed by atoms with E-state index in [1.807, 2.05) is 66.7 Å². The van der Waals surface area contributed by atoms with Gasteiger partial charge in [-0.3, -0.25) is 4.79 Å². The molecule has 0 bridgehead atoms. The summed E-state index contributed by atoms with van der Waals surface area (Å²) in [5.41, 5.74) is 2.11.